The van der Waals surface area contributed by atoms with Crippen molar-refractivity contribution in [1.29, 1.82) is 0 Å². The van der Waals surface area contributed by atoms with Crippen molar-refractivity contribution in [2.75, 3.05) is 13.2 Å². The summed E-state index contributed by atoms with van der Waals surface area (Å²) in [6, 6.07) is 6.38. The van der Waals surface area contributed by atoms with Gasteiger partial charge in [-0.25, -0.2) is 9.97 Å². The van der Waals surface area contributed by atoms with Crippen LogP contribution in [0.5, 0.6) is 0 Å². The van der Waals surface area contributed by atoms with Crippen LogP contribution in [0.4, 0.5) is 13.2 Å². The van der Waals surface area contributed by atoms with Crippen molar-refractivity contribution in [3.05, 3.63) is 71.2 Å². The standard InChI is InChI=1S/C22H16F3N5O3/c23-22(24,25)13-3-4-15(27-8-13)16-6-14-20(19(29-16)12-2-1-5-26-7-12)28-11-30(21(14)32)17-9-33-10-18(17)31/h1-8,11,17-18,31H,9-10H2/t17-,18+/m0/s1. The highest BCUT2D eigenvalue weighted by atomic mass is 19.4. The minimum absolute atomic E-state index is 0.104. The molecule has 0 aromatic carbocycles. The highest BCUT2D eigenvalue weighted by Gasteiger charge is 2.31. The second-order valence-corrected chi connectivity index (χ2v) is 7.55. The molecule has 4 aromatic heterocycles. The van der Waals surface area contributed by atoms with Crippen LogP contribution in [0.2, 0.25) is 0 Å². The van der Waals surface area contributed by atoms with Crippen molar-refractivity contribution >= 4 is 10.9 Å². The number of nitrogens with zero attached hydrogens (tertiary/aromatic N) is 5. The van der Waals surface area contributed by atoms with Crippen LogP contribution in [0.25, 0.3) is 33.5 Å². The first kappa shape index (κ1) is 21.2. The van der Waals surface area contributed by atoms with Crippen LogP contribution in [-0.4, -0.2) is 48.9 Å². The number of hydrogen-bond acceptors (Lipinski definition) is 7. The first-order chi connectivity index (χ1) is 15.8. The molecule has 33 heavy (non-hydrogen) atoms. The molecular weight excluding hydrogens is 439 g/mol. The molecule has 0 spiro atoms. The van der Waals surface area contributed by atoms with E-state index in [1.54, 1.807) is 24.5 Å². The Bertz CT molecular complexity index is 1370. The van der Waals surface area contributed by atoms with E-state index in [0.29, 0.717) is 16.8 Å². The van der Waals surface area contributed by atoms with E-state index in [9.17, 15) is 23.1 Å². The fourth-order valence-electron chi connectivity index (χ4n) is 3.73. The number of aliphatic hydroxyl groups excluding tert-OH is 1. The van der Waals surface area contributed by atoms with Crippen molar-refractivity contribution in [2.45, 2.75) is 18.3 Å². The maximum atomic E-state index is 13.4. The number of hydrogen-bond donors (Lipinski definition) is 1. The van der Waals surface area contributed by atoms with Gasteiger partial charge in [0.05, 0.1) is 53.6 Å². The Labute approximate surface area is 184 Å². The quantitative estimate of drug-likeness (QED) is 0.507. The predicted molar refractivity (Wildman–Crippen MR) is 111 cm³/mol. The van der Waals surface area contributed by atoms with Gasteiger partial charge in [-0.1, -0.05) is 0 Å². The summed E-state index contributed by atoms with van der Waals surface area (Å²) in [7, 11) is 0. The van der Waals surface area contributed by atoms with Gasteiger partial charge in [-0.05, 0) is 30.3 Å². The van der Waals surface area contributed by atoms with Crippen molar-refractivity contribution in [1.82, 2.24) is 24.5 Å². The number of rotatable bonds is 3. The summed E-state index contributed by atoms with van der Waals surface area (Å²) >= 11 is 0. The van der Waals surface area contributed by atoms with Gasteiger partial charge in [0.2, 0.25) is 0 Å². The van der Waals surface area contributed by atoms with Crippen molar-refractivity contribution < 1.29 is 23.0 Å². The first-order valence-electron chi connectivity index (χ1n) is 9.94. The van der Waals surface area contributed by atoms with E-state index in [2.05, 4.69) is 19.9 Å². The number of aromatic nitrogens is 5. The maximum absolute atomic E-state index is 13.4. The third kappa shape index (κ3) is 3.85. The van der Waals surface area contributed by atoms with Crippen molar-refractivity contribution in [3.63, 3.8) is 0 Å². The van der Waals surface area contributed by atoms with E-state index < -0.39 is 29.4 Å². The molecule has 0 bridgehead atoms. The molecule has 1 aliphatic heterocycles. The summed E-state index contributed by atoms with van der Waals surface area (Å²) in [6.07, 6.45) is -0.200. The molecule has 11 heteroatoms. The van der Waals surface area contributed by atoms with Gasteiger partial charge in [0, 0.05) is 24.2 Å². The molecule has 8 nitrogen and oxygen atoms in total. The van der Waals surface area contributed by atoms with Crippen LogP contribution in [0, 0.1) is 0 Å². The Balaban J connectivity index is 1.73. The molecule has 1 aliphatic rings. The molecule has 0 radical (unpaired) electrons. The van der Waals surface area contributed by atoms with E-state index in [0.717, 1.165) is 12.3 Å². The smallest absolute Gasteiger partial charge is 0.388 e. The second-order valence-electron chi connectivity index (χ2n) is 7.55. The van der Waals surface area contributed by atoms with Gasteiger partial charge in [0.25, 0.3) is 5.56 Å². The summed E-state index contributed by atoms with van der Waals surface area (Å²) in [5.41, 5.74) is 0.251. The van der Waals surface area contributed by atoms with Crippen LogP contribution < -0.4 is 5.56 Å². The summed E-state index contributed by atoms with van der Waals surface area (Å²) in [5.74, 6) is 0. The monoisotopic (exact) mass is 455 g/mol. The highest BCUT2D eigenvalue weighted by Crippen LogP contribution is 2.31. The third-order valence-corrected chi connectivity index (χ3v) is 5.44. The average Bonchev–Trinajstić information content (AvgIpc) is 3.24. The Morgan fingerprint density at radius 1 is 1.09 bits per heavy atom. The van der Waals surface area contributed by atoms with Crippen LogP contribution in [0.1, 0.15) is 11.6 Å². The molecule has 1 saturated heterocycles. The molecule has 4 aromatic rings. The molecule has 5 rings (SSSR count). The molecule has 168 valence electrons. The largest absolute Gasteiger partial charge is 0.417 e. The lowest BCUT2D eigenvalue weighted by molar-refractivity contribution is -0.137. The highest BCUT2D eigenvalue weighted by molar-refractivity contribution is 5.93. The predicted octanol–water partition coefficient (Wildman–Crippen LogP) is 2.87. The molecule has 1 fully saturated rings. The Morgan fingerprint density at radius 2 is 1.94 bits per heavy atom. The Morgan fingerprint density at radius 3 is 2.58 bits per heavy atom. The molecule has 1 N–H and O–H groups in total. The molecule has 0 unspecified atom stereocenters. The minimum atomic E-state index is -4.52. The number of alkyl halides is 3. The van der Waals surface area contributed by atoms with Gasteiger partial charge >= 0.3 is 6.18 Å². The van der Waals surface area contributed by atoms with E-state index in [1.807, 2.05) is 0 Å². The lowest BCUT2D eigenvalue weighted by atomic mass is 10.1. The van der Waals surface area contributed by atoms with E-state index >= 15 is 0 Å². The number of pyridine rings is 3. The van der Waals surface area contributed by atoms with Gasteiger partial charge < -0.3 is 9.84 Å². The number of fused-ring (bicyclic) bond motifs is 1. The minimum Gasteiger partial charge on any atom is -0.388 e. The molecule has 0 amide bonds. The Hall–Kier alpha value is -3.70. The van der Waals surface area contributed by atoms with Gasteiger partial charge in [0.15, 0.2) is 0 Å². The molecule has 2 atom stereocenters. The zero-order valence-electron chi connectivity index (χ0n) is 16.9. The normalized spacial score (nSPS) is 18.7. The van der Waals surface area contributed by atoms with Gasteiger partial charge in [-0.3, -0.25) is 19.3 Å². The molecule has 0 aliphatic carbocycles. The SMILES string of the molecule is O=c1c2cc(-c3ccc(C(F)(F)F)cn3)nc(-c3cccnc3)c2ncn1[C@H]1COC[C@H]1O. The first-order valence-corrected chi connectivity index (χ1v) is 9.94. The van der Waals surface area contributed by atoms with E-state index in [4.69, 9.17) is 4.74 Å². The van der Waals surface area contributed by atoms with Crippen LogP contribution >= 0.6 is 0 Å². The lowest BCUT2D eigenvalue weighted by Crippen LogP contribution is -2.32. The van der Waals surface area contributed by atoms with E-state index in [-0.39, 0.29) is 30.0 Å². The fourth-order valence-corrected chi connectivity index (χ4v) is 3.73. The molecule has 0 saturated carbocycles. The number of halogens is 3. The topological polar surface area (TPSA) is 103 Å². The van der Waals surface area contributed by atoms with E-state index in [1.165, 1.54) is 23.0 Å². The summed E-state index contributed by atoms with van der Waals surface area (Å²) in [5, 5.41) is 10.3. The van der Waals surface area contributed by atoms with Gasteiger partial charge in [0.1, 0.15) is 11.6 Å². The van der Waals surface area contributed by atoms with Crippen LogP contribution in [0.3, 0.4) is 0 Å². The molecule has 5 heterocycles. The molecular formula is C22H16F3N5O3. The second kappa shape index (κ2) is 8.01. The fraction of sp³-hybridized carbons (Fsp3) is 0.227. The Kier molecular flexibility index (Phi) is 5.14. The summed E-state index contributed by atoms with van der Waals surface area (Å²) < 4.78 is 45.4. The average molecular weight is 455 g/mol. The van der Waals surface area contributed by atoms with Crippen molar-refractivity contribution in [3.8, 4) is 22.6 Å². The van der Waals surface area contributed by atoms with Gasteiger partial charge in [-0.2, -0.15) is 13.2 Å². The van der Waals surface area contributed by atoms with Gasteiger partial charge in [-0.15, -0.1) is 0 Å². The zero-order valence-corrected chi connectivity index (χ0v) is 16.9. The maximum Gasteiger partial charge on any atom is 0.417 e. The van der Waals surface area contributed by atoms with Crippen LogP contribution in [-0.2, 0) is 10.9 Å². The number of aliphatic hydroxyl groups is 1. The number of ether oxygens (including phenoxy) is 1. The zero-order chi connectivity index (χ0) is 23.2. The van der Waals surface area contributed by atoms with Crippen LogP contribution in [0.15, 0.2) is 60.0 Å². The summed E-state index contributed by atoms with van der Waals surface area (Å²) in [6.45, 7) is 0.259. The third-order valence-electron chi connectivity index (χ3n) is 5.44. The summed E-state index contributed by atoms with van der Waals surface area (Å²) in [4.78, 5) is 30.3. The lowest BCUT2D eigenvalue weighted by Gasteiger charge is -2.17. The van der Waals surface area contributed by atoms with Crippen molar-refractivity contribution in [2.24, 2.45) is 0 Å².